The van der Waals surface area contributed by atoms with Gasteiger partial charge in [0, 0.05) is 0 Å². The van der Waals surface area contributed by atoms with Crippen LogP contribution in [-0.2, 0) is 16.8 Å². The van der Waals surface area contributed by atoms with E-state index in [4.69, 9.17) is 16.3 Å². The number of nitrogens with one attached hydrogen (secondary N) is 1. The second-order valence-electron chi connectivity index (χ2n) is 8.11. The fourth-order valence-corrected chi connectivity index (χ4v) is 4.29. The molecule has 3 rings (SSSR count). The zero-order chi connectivity index (χ0) is 23.5. The van der Waals surface area contributed by atoms with Crippen LogP contribution in [0.5, 0.6) is 5.75 Å². The third-order valence-electron chi connectivity index (χ3n) is 4.64. The first kappa shape index (κ1) is 23.6. The fourth-order valence-electron chi connectivity index (χ4n) is 2.71. The van der Waals surface area contributed by atoms with Crippen molar-refractivity contribution in [2.45, 2.75) is 50.1 Å². The Bertz CT molecular complexity index is 1100. The Labute approximate surface area is 194 Å². The number of nitrogens with two attached hydrogens (primary N) is 2. The van der Waals surface area contributed by atoms with E-state index in [0.717, 1.165) is 11.8 Å². The molecule has 0 radical (unpaired) electrons. The second kappa shape index (κ2) is 9.61. The number of carbonyl (C=O) groups is 2. The molecule has 0 saturated carbocycles. The molecule has 3 aromatic rings. The summed E-state index contributed by atoms with van der Waals surface area (Å²) in [5, 5.41) is 12.8. The van der Waals surface area contributed by atoms with Crippen molar-refractivity contribution in [3.8, 4) is 5.75 Å². The largest absolute Gasteiger partial charge is 0.486 e. The van der Waals surface area contributed by atoms with Crippen molar-refractivity contribution in [2.75, 3.05) is 11.2 Å². The van der Waals surface area contributed by atoms with Crippen LogP contribution in [0, 0.1) is 0 Å². The molecule has 170 valence electrons. The Balaban J connectivity index is 1.58. The summed E-state index contributed by atoms with van der Waals surface area (Å²) >= 11 is 2.37. The molecule has 0 fully saturated rings. The first-order valence-corrected chi connectivity index (χ1v) is 11.6. The molecule has 2 aromatic heterocycles. The summed E-state index contributed by atoms with van der Waals surface area (Å²) in [7, 11) is 0. The molecule has 0 aliphatic heterocycles. The van der Waals surface area contributed by atoms with Crippen molar-refractivity contribution in [1.29, 1.82) is 0 Å². The van der Waals surface area contributed by atoms with Crippen molar-refractivity contribution < 1.29 is 14.3 Å². The van der Waals surface area contributed by atoms with Crippen molar-refractivity contribution >= 4 is 39.9 Å². The molecule has 32 heavy (non-hydrogen) atoms. The highest BCUT2D eigenvalue weighted by Crippen LogP contribution is 2.27. The van der Waals surface area contributed by atoms with Crippen LogP contribution in [0.4, 0.5) is 5.00 Å². The minimum Gasteiger partial charge on any atom is -0.486 e. The van der Waals surface area contributed by atoms with Gasteiger partial charge in [-0.25, -0.2) is 4.68 Å². The Morgan fingerprint density at radius 3 is 2.53 bits per heavy atom. The third-order valence-corrected chi connectivity index (χ3v) is 6.53. The summed E-state index contributed by atoms with van der Waals surface area (Å²) in [4.78, 5) is 23.9. The van der Waals surface area contributed by atoms with Gasteiger partial charge in [0.05, 0.1) is 10.8 Å². The molecule has 0 aliphatic carbocycles. The molecule has 0 spiro atoms. The van der Waals surface area contributed by atoms with Crippen LogP contribution in [0.15, 0.2) is 40.9 Å². The maximum absolute atomic E-state index is 12.5. The molecule has 2 heterocycles. The number of amides is 2. The normalized spacial score (nSPS) is 12.4. The average molecular weight is 475 g/mol. The van der Waals surface area contributed by atoms with E-state index in [9.17, 15) is 9.59 Å². The molecule has 1 aromatic carbocycles. The minimum absolute atomic E-state index is 0.0655. The monoisotopic (exact) mass is 474 g/mol. The SMILES string of the molecule is CC(Sc1nnc(COc2ccc(C(C)(C)C)cc2)n1N)C(=O)Nc1sccc1C(N)=O. The van der Waals surface area contributed by atoms with E-state index in [-0.39, 0.29) is 23.5 Å². The summed E-state index contributed by atoms with van der Waals surface area (Å²) in [6.07, 6.45) is 0. The van der Waals surface area contributed by atoms with E-state index in [0.29, 0.717) is 21.7 Å². The lowest BCUT2D eigenvalue weighted by Crippen LogP contribution is -2.25. The average Bonchev–Trinajstić information content (AvgIpc) is 3.33. The fraction of sp³-hybridized carbons (Fsp3) is 0.333. The summed E-state index contributed by atoms with van der Waals surface area (Å²) in [5.41, 5.74) is 6.87. The zero-order valence-electron chi connectivity index (χ0n) is 18.3. The number of ether oxygens (including phenoxy) is 1. The maximum Gasteiger partial charge on any atom is 0.251 e. The van der Waals surface area contributed by atoms with Crippen LogP contribution < -0.4 is 21.6 Å². The Kier molecular flexibility index (Phi) is 7.09. The van der Waals surface area contributed by atoms with Crippen LogP contribution in [0.1, 0.15) is 49.4 Å². The molecular formula is C21H26N6O3S2. The molecule has 1 atom stereocenters. The third kappa shape index (κ3) is 5.60. The second-order valence-corrected chi connectivity index (χ2v) is 10.3. The van der Waals surface area contributed by atoms with Gasteiger partial charge in [0.15, 0.2) is 5.82 Å². The molecule has 11 heteroatoms. The molecule has 5 N–H and O–H groups in total. The molecule has 0 saturated heterocycles. The number of hydrogen-bond donors (Lipinski definition) is 3. The van der Waals surface area contributed by atoms with Gasteiger partial charge in [-0.15, -0.1) is 21.5 Å². The number of primary amides is 1. The van der Waals surface area contributed by atoms with Gasteiger partial charge >= 0.3 is 0 Å². The van der Waals surface area contributed by atoms with E-state index in [1.807, 2.05) is 24.3 Å². The number of thioether (sulfide) groups is 1. The quantitative estimate of drug-likeness (QED) is 0.337. The van der Waals surface area contributed by atoms with Crippen LogP contribution in [0.3, 0.4) is 0 Å². The number of rotatable bonds is 8. The lowest BCUT2D eigenvalue weighted by molar-refractivity contribution is -0.115. The predicted molar refractivity (Wildman–Crippen MR) is 126 cm³/mol. The molecular weight excluding hydrogens is 448 g/mol. The lowest BCUT2D eigenvalue weighted by Gasteiger charge is -2.19. The van der Waals surface area contributed by atoms with Crippen molar-refractivity contribution in [2.24, 2.45) is 5.73 Å². The van der Waals surface area contributed by atoms with Gasteiger partial charge in [0.25, 0.3) is 5.91 Å². The summed E-state index contributed by atoms with van der Waals surface area (Å²) < 4.78 is 7.08. The molecule has 9 nitrogen and oxygen atoms in total. The molecule has 0 bridgehead atoms. The van der Waals surface area contributed by atoms with Crippen LogP contribution >= 0.6 is 23.1 Å². The van der Waals surface area contributed by atoms with Gasteiger partial charge in [0.1, 0.15) is 17.4 Å². The van der Waals surface area contributed by atoms with Crippen LogP contribution in [0.25, 0.3) is 0 Å². The van der Waals surface area contributed by atoms with Gasteiger partial charge in [0.2, 0.25) is 11.1 Å². The predicted octanol–water partition coefficient (Wildman–Crippen LogP) is 3.15. The highest BCUT2D eigenvalue weighted by Gasteiger charge is 2.22. The maximum atomic E-state index is 12.5. The number of carbonyl (C=O) groups excluding carboxylic acids is 2. The van der Waals surface area contributed by atoms with Gasteiger partial charge in [-0.3, -0.25) is 9.59 Å². The Morgan fingerprint density at radius 1 is 1.22 bits per heavy atom. The number of nitrogen functional groups attached to an aromatic ring is 1. The van der Waals surface area contributed by atoms with Crippen molar-refractivity contribution in [3.63, 3.8) is 0 Å². The Hall–Kier alpha value is -3.05. The van der Waals surface area contributed by atoms with E-state index < -0.39 is 11.2 Å². The number of benzene rings is 1. The van der Waals surface area contributed by atoms with Gasteiger partial charge in [-0.2, -0.15) is 0 Å². The number of anilines is 1. The van der Waals surface area contributed by atoms with Crippen molar-refractivity contribution in [1.82, 2.24) is 14.9 Å². The number of nitrogens with zero attached hydrogens (tertiary/aromatic N) is 3. The standard InChI is InChI=1S/C21H26N6O3S2/c1-12(18(29)24-19-15(17(22)28)9-10-31-19)32-20-26-25-16(27(20)23)11-30-14-7-5-13(6-8-14)21(2,3)4/h5-10,12H,11,23H2,1-4H3,(H2,22,28)(H,24,29). The topological polar surface area (TPSA) is 138 Å². The summed E-state index contributed by atoms with van der Waals surface area (Å²) in [6, 6.07) is 9.44. The van der Waals surface area contributed by atoms with Crippen LogP contribution in [-0.4, -0.2) is 31.9 Å². The summed E-state index contributed by atoms with van der Waals surface area (Å²) in [6.45, 7) is 8.29. The van der Waals surface area contributed by atoms with Crippen LogP contribution in [0.2, 0.25) is 0 Å². The summed E-state index contributed by atoms with van der Waals surface area (Å²) in [5.74, 6) is 6.32. The highest BCUT2D eigenvalue weighted by molar-refractivity contribution is 8.00. The van der Waals surface area contributed by atoms with E-state index in [2.05, 4.69) is 36.3 Å². The Morgan fingerprint density at radius 2 is 1.91 bits per heavy atom. The van der Waals surface area contributed by atoms with Gasteiger partial charge in [-0.05, 0) is 41.5 Å². The number of aromatic nitrogens is 3. The van der Waals surface area contributed by atoms with Crippen molar-refractivity contribution in [3.05, 3.63) is 52.7 Å². The first-order chi connectivity index (χ1) is 15.1. The highest BCUT2D eigenvalue weighted by atomic mass is 32.2. The number of thiophene rings is 1. The van der Waals surface area contributed by atoms with Gasteiger partial charge in [-0.1, -0.05) is 44.7 Å². The molecule has 2 amide bonds. The lowest BCUT2D eigenvalue weighted by atomic mass is 9.87. The van der Waals surface area contributed by atoms with E-state index in [1.54, 1.807) is 18.4 Å². The molecule has 1 unspecified atom stereocenters. The molecule has 0 aliphatic rings. The number of hydrogen-bond acceptors (Lipinski definition) is 8. The smallest absolute Gasteiger partial charge is 0.251 e. The minimum atomic E-state index is -0.596. The van der Waals surface area contributed by atoms with E-state index in [1.165, 1.54) is 21.6 Å². The zero-order valence-corrected chi connectivity index (χ0v) is 19.9. The van der Waals surface area contributed by atoms with Gasteiger partial charge < -0.3 is 21.6 Å². The first-order valence-electron chi connectivity index (χ1n) is 9.83. The van der Waals surface area contributed by atoms with E-state index >= 15 is 0 Å².